The summed E-state index contributed by atoms with van der Waals surface area (Å²) in [5, 5.41) is 16.7. The molecule has 8 nitrogen and oxygen atoms in total. The molecule has 1 saturated heterocycles. The Bertz CT molecular complexity index is 715. The van der Waals surface area contributed by atoms with Gasteiger partial charge in [-0.05, 0) is 17.7 Å². The van der Waals surface area contributed by atoms with Crippen molar-refractivity contribution in [3.05, 3.63) is 42.0 Å². The van der Waals surface area contributed by atoms with Crippen LogP contribution in [0.15, 0.2) is 30.7 Å². The fourth-order valence-electron chi connectivity index (χ4n) is 3.15. The molecule has 0 radical (unpaired) electrons. The highest BCUT2D eigenvalue weighted by molar-refractivity contribution is 5.74. The predicted molar refractivity (Wildman–Crippen MR) is 91.1 cm³/mol. The number of aliphatic hydroxyl groups excluding tert-OH is 1. The monoisotopic (exact) mass is 345 g/mol. The first-order valence-corrected chi connectivity index (χ1v) is 8.21. The van der Waals surface area contributed by atoms with Gasteiger partial charge in [0.2, 0.25) is 0 Å². The molecule has 2 atom stereocenters. The smallest absolute Gasteiger partial charge is 0.317 e. The number of aromatic nitrogens is 3. The molecule has 1 aliphatic rings. The van der Waals surface area contributed by atoms with E-state index in [1.807, 2.05) is 25.4 Å². The lowest BCUT2D eigenvalue weighted by molar-refractivity contribution is 0.197. The zero-order valence-electron chi connectivity index (χ0n) is 14.4. The number of carbonyl (C=O) groups excluding carboxylic acids is 1. The number of nitrogens with one attached hydrogen (secondary N) is 1. The first-order chi connectivity index (χ1) is 12.1. The van der Waals surface area contributed by atoms with Crippen LogP contribution in [0.2, 0.25) is 0 Å². The molecule has 0 aromatic carbocycles. The largest absolute Gasteiger partial charge is 0.495 e. The highest BCUT2D eigenvalue weighted by Gasteiger charge is 2.36. The Morgan fingerprint density at radius 2 is 2.24 bits per heavy atom. The fraction of sp³-hybridized carbons (Fsp3) is 0.471. The lowest BCUT2D eigenvalue weighted by Crippen LogP contribution is -2.38. The maximum absolute atomic E-state index is 12.4. The number of pyridine rings is 1. The van der Waals surface area contributed by atoms with E-state index in [-0.39, 0.29) is 24.5 Å². The Morgan fingerprint density at radius 1 is 1.40 bits per heavy atom. The third-order valence-electron chi connectivity index (χ3n) is 4.57. The van der Waals surface area contributed by atoms with Crippen molar-refractivity contribution in [2.45, 2.75) is 12.5 Å². The number of aryl methyl sites for hydroxylation is 1. The summed E-state index contributed by atoms with van der Waals surface area (Å²) >= 11 is 0. The number of aliphatic hydroxyl groups is 1. The Kier molecular flexibility index (Phi) is 5.18. The molecule has 0 unspecified atom stereocenters. The molecule has 2 N–H and O–H groups in total. The number of nitrogens with zero attached hydrogens (tertiary/aromatic N) is 4. The summed E-state index contributed by atoms with van der Waals surface area (Å²) in [6.45, 7) is 1.49. The van der Waals surface area contributed by atoms with Crippen molar-refractivity contribution < 1.29 is 14.6 Å². The van der Waals surface area contributed by atoms with E-state index < -0.39 is 0 Å². The molecule has 2 amide bonds. The molecule has 1 aliphatic heterocycles. The Morgan fingerprint density at radius 3 is 2.84 bits per heavy atom. The van der Waals surface area contributed by atoms with Gasteiger partial charge in [-0.15, -0.1) is 0 Å². The zero-order valence-corrected chi connectivity index (χ0v) is 14.4. The third-order valence-corrected chi connectivity index (χ3v) is 4.57. The number of hydrogen-bond acceptors (Lipinski definition) is 5. The third kappa shape index (κ3) is 3.90. The van der Waals surface area contributed by atoms with E-state index in [9.17, 15) is 9.90 Å². The molecule has 0 bridgehead atoms. The lowest BCUT2D eigenvalue weighted by Gasteiger charge is -2.17. The summed E-state index contributed by atoms with van der Waals surface area (Å²) in [5.74, 6) is 0.803. The lowest BCUT2D eigenvalue weighted by atomic mass is 9.92. The second-order valence-corrected chi connectivity index (χ2v) is 6.25. The van der Waals surface area contributed by atoms with Gasteiger partial charge in [-0.3, -0.25) is 9.67 Å². The first-order valence-electron chi connectivity index (χ1n) is 8.21. The second-order valence-electron chi connectivity index (χ2n) is 6.25. The van der Waals surface area contributed by atoms with Gasteiger partial charge >= 0.3 is 6.03 Å². The molecule has 0 spiro atoms. The number of rotatable bonds is 5. The van der Waals surface area contributed by atoms with Crippen LogP contribution in [-0.2, 0) is 13.6 Å². The van der Waals surface area contributed by atoms with Crippen LogP contribution in [0.4, 0.5) is 4.79 Å². The SMILES string of the molecule is COc1ccc(CNC(=O)N2C[C@@H](CO)[C@H](c3cnn(C)c3)C2)nc1. The highest BCUT2D eigenvalue weighted by atomic mass is 16.5. The summed E-state index contributed by atoms with van der Waals surface area (Å²) in [6.07, 6.45) is 5.36. The molecule has 3 rings (SSSR count). The maximum atomic E-state index is 12.4. The van der Waals surface area contributed by atoms with Crippen LogP contribution in [0.25, 0.3) is 0 Å². The van der Waals surface area contributed by atoms with Gasteiger partial charge in [0.05, 0.1) is 31.7 Å². The molecule has 0 aliphatic carbocycles. The summed E-state index contributed by atoms with van der Waals surface area (Å²) in [5.41, 5.74) is 1.81. The number of ether oxygens (including phenoxy) is 1. The number of methoxy groups -OCH3 is 1. The van der Waals surface area contributed by atoms with E-state index in [1.165, 1.54) is 0 Å². The van der Waals surface area contributed by atoms with Crippen molar-refractivity contribution in [3.63, 3.8) is 0 Å². The van der Waals surface area contributed by atoms with Gasteiger partial charge in [-0.2, -0.15) is 5.10 Å². The number of likely N-dealkylation sites (tertiary alicyclic amines) is 1. The van der Waals surface area contributed by atoms with Crippen LogP contribution in [0.1, 0.15) is 17.2 Å². The van der Waals surface area contributed by atoms with Crippen LogP contribution in [0, 0.1) is 5.92 Å². The quantitative estimate of drug-likeness (QED) is 0.834. The van der Waals surface area contributed by atoms with Gasteiger partial charge in [0.25, 0.3) is 0 Å². The molecule has 134 valence electrons. The van der Waals surface area contributed by atoms with E-state index in [2.05, 4.69) is 15.4 Å². The molecule has 2 aromatic rings. The predicted octanol–water partition coefficient (Wildman–Crippen LogP) is 0.741. The van der Waals surface area contributed by atoms with Crippen molar-refractivity contribution in [1.29, 1.82) is 0 Å². The average Bonchev–Trinajstić information content (AvgIpc) is 3.26. The van der Waals surface area contributed by atoms with Gasteiger partial charge in [-0.25, -0.2) is 4.79 Å². The van der Waals surface area contributed by atoms with E-state index in [0.29, 0.717) is 25.4 Å². The van der Waals surface area contributed by atoms with Crippen molar-refractivity contribution in [3.8, 4) is 5.75 Å². The molecule has 3 heterocycles. The highest BCUT2D eigenvalue weighted by Crippen LogP contribution is 2.32. The van der Waals surface area contributed by atoms with Gasteiger partial charge in [-0.1, -0.05) is 0 Å². The van der Waals surface area contributed by atoms with Crippen LogP contribution >= 0.6 is 0 Å². The van der Waals surface area contributed by atoms with Crippen molar-refractivity contribution in [2.24, 2.45) is 13.0 Å². The molecule has 2 aromatic heterocycles. The average molecular weight is 345 g/mol. The normalized spacial score (nSPS) is 19.9. The van der Waals surface area contributed by atoms with Crippen LogP contribution in [-0.4, -0.2) is 57.6 Å². The standard InChI is InChI=1S/C17H23N5O3/c1-21-8-12(5-20-21)16-10-22(9-13(16)11-23)17(24)19-6-14-3-4-15(25-2)7-18-14/h3-5,7-8,13,16,23H,6,9-11H2,1-2H3,(H,19,24)/t13-,16-/m0/s1. The fourth-order valence-corrected chi connectivity index (χ4v) is 3.15. The second kappa shape index (κ2) is 7.52. The summed E-state index contributed by atoms with van der Waals surface area (Å²) in [6, 6.07) is 3.48. The summed E-state index contributed by atoms with van der Waals surface area (Å²) < 4.78 is 6.81. The summed E-state index contributed by atoms with van der Waals surface area (Å²) in [7, 11) is 3.45. The Hall–Kier alpha value is -2.61. The molecule has 1 fully saturated rings. The molecular formula is C17H23N5O3. The van der Waals surface area contributed by atoms with Gasteiger partial charge in [0.15, 0.2) is 0 Å². The first kappa shape index (κ1) is 17.2. The molecule has 25 heavy (non-hydrogen) atoms. The van der Waals surface area contributed by atoms with Crippen molar-refractivity contribution in [2.75, 3.05) is 26.8 Å². The zero-order chi connectivity index (χ0) is 17.8. The van der Waals surface area contributed by atoms with Gasteiger partial charge in [0, 0.05) is 44.8 Å². The van der Waals surface area contributed by atoms with Gasteiger partial charge in [0.1, 0.15) is 5.75 Å². The van der Waals surface area contributed by atoms with Crippen molar-refractivity contribution in [1.82, 2.24) is 25.0 Å². The summed E-state index contributed by atoms with van der Waals surface area (Å²) in [4.78, 5) is 18.4. The molecule has 8 heteroatoms. The maximum Gasteiger partial charge on any atom is 0.317 e. The Balaban J connectivity index is 1.58. The number of hydrogen-bond donors (Lipinski definition) is 2. The minimum atomic E-state index is -0.151. The van der Waals surface area contributed by atoms with Gasteiger partial charge < -0.3 is 20.1 Å². The molecular weight excluding hydrogens is 322 g/mol. The number of urea groups is 1. The number of carbonyl (C=O) groups is 1. The van der Waals surface area contributed by atoms with E-state index in [4.69, 9.17) is 4.74 Å². The van der Waals surface area contributed by atoms with Crippen molar-refractivity contribution >= 4 is 6.03 Å². The Labute approximate surface area is 146 Å². The molecule has 0 saturated carbocycles. The van der Waals surface area contributed by atoms with E-state index in [0.717, 1.165) is 11.3 Å². The topological polar surface area (TPSA) is 92.5 Å². The minimum absolute atomic E-state index is 0.0223. The van der Waals surface area contributed by atoms with Crippen LogP contribution in [0.3, 0.4) is 0 Å². The van der Waals surface area contributed by atoms with Crippen LogP contribution in [0.5, 0.6) is 5.75 Å². The van der Waals surface area contributed by atoms with E-state index >= 15 is 0 Å². The van der Waals surface area contributed by atoms with E-state index in [1.54, 1.807) is 29.1 Å². The number of amides is 2. The van der Waals surface area contributed by atoms with Crippen LogP contribution < -0.4 is 10.1 Å². The minimum Gasteiger partial charge on any atom is -0.495 e.